The van der Waals surface area contributed by atoms with E-state index >= 15 is 0 Å². The van der Waals surface area contributed by atoms with Crippen LogP contribution in [0.15, 0.2) is 57.3 Å². The Morgan fingerprint density at radius 2 is 2.00 bits per heavy atom. The van der Waals surface area contributed by atoms with Crippen molar-refractivity contribution >= 4 is 21.6 Å². The number of hydrogen-bond acceptors (Lipinski definition) is 8. The second-order valence-corrected chi connectivity index (χ2v) is 9.19. The van der Waals surface area contributed by atoms with Gasteiger partial charge in [0.05, 0.1) is 50.7 Å². The monoisotopic (exact) mass is 483 g/mol. The minimum absolute atomic E-state index is 0.0323. The van der Waals surface area contributed by atoms with Crippen LogP contribution in [0.2, 0.25) is 0 Å². The standard InChI is InChI=1S/C25H29N3O5S/c1-16(2)33-14-17(29)11-28(12-18-7-6-10-32-18)13-22-26-24(30)23-20(15-34-25(23)27-22)19-8-4-5-9-21(19)31-3/h4-10,15-17,29H,11-14H2,1-3H3,(H,26,27,30)/t17-/m1/s1. The molecule has 0 aliphatic heterocycles. The number of H-pyrrole nitrogens is 1. The van der Waals surface area contributed by atoms with Gasteiger partial charge in [0.2, 0.25) is 0 Å². The van der Waals surface area contributed by atoms with Gasteiger partial charge < -0.3 is 24.0 Å². The zero-order valence-corrected chi connectivity index (χ0v) is 20.3. The number of aliphatic hydroxyl groups is 1. The number of aliphatic hydroxyl groups excluding tert-OH is 1. The molecule has 0 saturated carbocycles. The maximum Gasteiger partial charge on any atom is 0.260 e. The third-order valence-electron chi connectivity index (χ3n) is 5.31. The molecule has 0 aliphatic rings. The van der Waals surface area contributed by atoms with Crippen LogP contribution in [-0.4, -0.2) is 52.4 Å². The fraction of sp³-hybridized carbons (Fsp3) is 0.360. The number of aromatic nitrogens is 2. The van der Waals surface area contributed by atoms with Gasteiger partial charge in [0.25, 0.3) is 5.56 Å². The number of nitrogens with zero attached hydrogens (tertiary/aromatic N) is 2. The summed E-state index contributed by atoms with van der Waals surface area (Å²) in [7, 11) is 1.61. The number of aromatic amines is 1. The van der Waals surface area contributed by atoms with E-state index in [2.05, 4.69) is 4.98 Å². The number of rotatable bonds is 11. The Balaban J connectivity index is 1.60. The summed E-state index contributed by atoms with van der Waals surface area (Å²) in [6, 6.07) is 11.3. The van der Waals surface area contributed by atoms with E-state index in [4.69, 9.17) is 18.9 Å². The van der Waals surface area contributed by atoms with Gasteiger partial charge in [0.1, 0.15) is 22.2 Å². The number of benzene rings is 1. The van der Waals surface area contributed by atoms with Gasteiger partial charge in [-0.3, -0.25) is 9.69 Å². The predicted molar refractivity (Wildman–Crippen MR) is 132 cm³/mol. The molecule has 4 aromatic rings. The number of thiophene rings is 1. The van der Waals surface area contributed by atoms with Crippen LogP contribution in [0.3, 0.4) is 0 Å². The maximum absolute atomic E-state index is 13.1. The molecule has 1 atom stereocenters. The zero-order valence-electron chi connectivity index (χ0n) is 19.5. The van der Waals surface area contributed by atoms with Gasteiger partial charge in [-0.1, -0.05) is 18.2 Å². The van der Waals surface area contributed by atoms with E-state index in [-0.39, 0.29) is 18.3 Å². The number of para-hydroxylation sites is 1. The van der Waals surface area contributed by atoms with Gasteiger partial charge in [-0.15, -0.1) is 11.3 Å². The van der Waals surface area contributed by atoms with Crippen LogP contribution in [0, 0.1) is 0 Å². The molecule has 180 valence electrons. The summed E-state index contributed by atoms with van der Waals surface area (Å²) in [6.45, 7) is 5.22. The molecule has 0 spiro atoms. The summed E-state index contributed by atoms with van der Waals surface area (Å²) in [5.41, 5.74) is 1.44. The molecule has 0 aliphatic carbocycles. The van der Waals surface area contributed by atoms with Crippen LogP contribution in [0.4, 0.5) is 0 Å². The Morgan fingerprint density at radius 3 is 2.74 bits per heavy atom. The summed E-state index contributed by atoms with van der Waals surface area (Å²) in [5, 5.41) is 13.0. The summed E-state index contributed by atoms with van der Waals surface area (Å²) < 4.78 is 16.5. The van der Waals surface area contributed by atoms with Crippen LogP contribution >= 0.6 is 11.3 Å². The number of furan rings is 1. The molecule has 8 nitrogen and oxygen atoms in total. The Labute approximate surface area is 201 Å². The number of nitrogens with one attached hydrogen (secondary N) is 1. The lowest BCUT2D eigenvalue weighted by Crippen LogP contribution is -2.35. The van der Waals surface area contributed by atoms with E-state index in [1.165, 1.54) is 11.3 Å². The zero-order chi connectivity index (χ0) is 24.1. The van der Waals surface area contributed by atoms with E-state index in [0.717, 1.165) is 16.9 Å². The van der Waals surface area contributed by atoms with Crippen molar-refractivity contribution in [1.82, 2.24) is 14.9 Å². The molecule has 0 fully saturated rings. The van der Waals surface area contributed by atoms with Gasteiger partial charge in [0, 0.05) is 23.1 Å². The summed E-state index contributed by atoms with van der Waals surface area (Å²) in [4.78, 5) is 23.4. The van der Waals surface area contributed by atoms with Gasteiger partial charge in [0.15, 0.2) is 0 Å². The molecule has 0 radical (unpaired) electrons. The van der Waals surface area contributed by atoms with Crippen molar-refractivity contribution < 1.29 is 19.0 Å². The van der Waals surface area contributed by atoms with Crippen LogP contribution in [0.5, 0.6) is 5.75 Å². The third-order valence-corrected chi connectivity index (χ3v) is 6.19. The second-order valence-electron chi connectivity index (χ2n) is 8.33. The number of hydrogen-bond donors (Lipinski definition) is 2. The smallest absolute Gasteiger partial charge is 0.260 e. The first-order valence-corrected chi connectivity index (χ1v) is 12.0. The Bertz CT molecular complexity index is 1270. The highest BCUT2D eigenvalue weighted by Gasteiger charge is 2.19. The molecule has 4 rings (SSSR count). The van der Waals surface area contributed by atoms with Gasteiger partial charge >= 0.3 is 0 Å². The SMILES string of the molecule is COc1ccccc1-c1csc2nc(CN(Cc3ccco3)C[C@@H](O)COC(C)C)[nH]c(=O)c12. The first kappa shape index (κ1) is 24.2. The minimum Gasteiger partial charge on any atom is -0.496 e. The normalized spacial score (nSPS) is 12.6. The van der Waals surface area contributed by atoms with Crippen molar-refractivity contribution in [2.24, 2.45) is 0 Å². The highest BCUT2D eigenvalue weighted by Crippen LogP contribution is 2.36. The lowest BCUT2D eigenvalue weighted by molar-refractivity contribution is -0.0117. The van der Waals surface area contributed by atoms with Gasteiger partial charge in [-0.25, -0.2) is 4.98 Å². The van der Waals surface area contributed by atoms with E-state index in [1.807, 2.05) is 60.5 Å². The molecule has 34 heavy (non-hydrogen) atoms. The van der Waals surface area contributed by atoms with E-state index in [1.54, 1.807) is 13.4 Å². The van der Waals surface area contributed by atoms with Crippen molar-refractivity contribution in [3.8, 4) is 16.9 Å². The maximum atomic E-state index is 13.1. The molecule has 0 saturated heterocycles. The van der Waals surface area contributed by atoms with Crippen LogP contribution in [0.25, 0.3) is 21.3 Å². The van der Waals surface area contributed by atoms with E-state index < -0.39 is 6.10 Å². The Morgan fingerprint density at radius 1 is 1.18 bits per heavy atom. The molecule has 3 heterocycles. The first-order valence-electron chi connectivity index (χ1n) is 11.1. The fourth-order valence-corrected chi connectivity index (χ4v) is 4.77. The largest absolute Gasteiger partial charge is 0.496 e. The lowest BCUT2D eigenvalue weighted by atomic mass is 10.1. The average molecular weight is 484 g/mol. The number of methoxy groups -OCH3 is 1. The molecule has 0 amide bonds. The summed E-state index contributed by atoms with van der Waals surface area (Å²) in [5.74, 6) is 1.98. The van der Waals surface area contributed by atoms with Crippen molar-refractivity contribution in [3.05, 3.63) is 70.0 Å². The first-order chi connectivity index (χ1) is 16.4. The molecule has 0 bridgehead atoms. The lowest BCUT2D eigenvalue weighted by Gasteiger charge is -2.24. The summed E-state index contributed by atoms with van der Waals surface area (Å²) >= 11 is 1.42. The second kappa shape index (κ2) is 11.0. The molecule has 1 aromatic carbocycles. The van der Waals surface area contributed by atoms with Crippen LogP contribution in [0.1, 0.15) is 25.4 Å². The summed E-state index contributed by atoms with van der Waals surface area (Å²) in [6.07, 6.45) is 0.958. The molecular formula is C25H29N3O5S. The predicted octanol–water partition coefficient (Wildman–Crippen LogP) is 4.04. The van der Waals surface area contributed by atoms with Crippen molar-refractivity contribution in [3.63, 3.8) is 0 Å². The topological polar surface area (TPSA) is 101 Å². The molecule has 0 unspecified atom stereocenters. The molecule has 3 aromatic heterocycles. The molecular weight excluding hydrogens is 454 g/mol. The van der Waals surface area contributed by atoms with Crippen LogP contribution in [-0.2, 0) is 17.8 Å². The van der Waals surface area contributed by atoms with E-state index in [9.17, 15) is 9.90 Å². The van der Waals surface area contributed by atoms with E-state index in [0.29, 0.717) is 41.4 Å². The minimum atomic E-state index is -0.688. The fourth-order valence-electron chi connectivity index (χ4n) is 3.81. The third kappa shape index (κ3) is 5.74. The molecule has 2 N–H and O–H groups in total. The molecule has 9 heteroatoms. The quantitative estimate of drug-likeness (QED) is 0.332. The number of fused-ring (bicyclic) bond motifs is 1. The van der Waals surface area contributed by atoms with Crippen molar-refractivity contribution in [2.45, 2.75) is 39.1 Å². The Kier molecular flexibility index (Phi) is 7.79. The van der Waals surface area contributed by atoms with Crippen LogP contribution < -0.4 is 10.3 Å². The Hall–Kier alpha value is -2.98. The highest BCUT2D eigenvalue weighted by atomic mass is 32.1. The average Bonchev–Trinajstić information content (AvgIpc) is 3.47. The van der Waals surface area contributed by atoms with Crippen molar-refractivity contribution in [1.29, 1.82) is 0 Å². The van der Waals surface area contributed by atoms with Gasteiger partial charge in [-0.2, -0.15) is 0 Å². The highest BCUT2D eigenvalue weighted by molar-refractivity contribution is 7.17. The van der Waals surface area contributed by atoms with Crippen molar-refractivity contribution in [2.75, 3.05) is 20.3 Å². The number of ether oxygens (including phenoxy) is 2. The van der Waals surface area contributed by atoms with Gasteiger partial charge in [-0.05, 0) is 32.0 Å².